The van der Waals surface area contributed by atoms with Crippen LogP contribution in [0.4, 0.5) is 13.2 Å². The maximum Gasteiger partial charge on any atom is 0.429 e. The second-order valence-corrected chi connectivity index (χ2v) is 3.89. The van der Waals surface area contributed by atoms with Crippen LogP contribution < -0.4 is 4.74 Å². The van der Waals surface area contributed by atoms with Crippen LogP contribution in [0.15, 0.2) is 36.9 Å². The van der Waals surface area contributed by atoms with Gasteiger partial charge in [-0.3, -0.25) is 9.97 Å². The number of hydrogen-bond acceptors (Lipinski definition) is 4. The van der Waals surface area contributed by atoms with E-state index >= 15 is 0 Å². The van der Waals surface area contributed by atoms with Gasteiger partial charge in [0.2, 0.25) is 12.0 Å². The topological polar surface area (TPSA) is 47.9 Å². The van der Waals surface area contributed by atoms with E-state index < -0.39 is 12.3 Å². The van der Waals surface area contributed by atoms with Crippen molar-refractivity contribution in [1.29, 1.82) is 0 Å². The lowest BCUT2D eigenvalue weighted by Crippen LogP contribution is -2.26. The van der Waals surface area contributed by atoms with Crippen molar-refractivity contribution in [2.45, 2.75) is 12.3 Å². The minimum atomic E-state index is -4.60. The number of aromatic nitrogens is 3. The lowest BCUT2D eigenvalue weighted by Gasteiger charge is -2.20. The molecule has 0 fully saturated rings. The number of rotatable bonds is 3. The molecule has 2 aromatic rings. The molecule has 0 aromatic carbocycles. The Morgan fingerprint density at radius 1 is 1.16 bits per heavy atom. The molecule has 0 saturated heterocycles. The molecule has 2 aromatic heterocycles. The van der Waals surface area contributed by atoms with Crippen molar-refractivity contribution in [3.05, 3.63) is 47.6 Å². The molecule has 0 amide bonds. The fourth-order valence-corrected chi connectivity index (χ4v) is 1.50. The van der Waals surface area contributed by atoms with Crippen LogP contribution in [-0.2, 0) is 0 Å². The summed E-state index contributed by atoms with van der Waals surface area (Å²) in [6.07, 6.45) is -2.07. The van der Waals surface area contributed by atoms with E-state index in [1.807, 2.05) is 0 Å². The van der Waals surface area contributed by atoms with Crippen molar-refractivity contribution >= 4 is 11.6 Å². The molecule has 1 atom stereocenters. The molecule has 0 radical (unpaired) electrons. The van der Waals surface area contributed by atoms with Gasteiger partial charge in [-0.05, 0) is 6.07 Å². The highest BCUT2D eigenvalue weighted by atomic mass is 35.5. The highest BCUT2D eigenvalue weighted by Gasteiger charge is 2.43. The second kappa shape index (κ2) is 5.40. The Balaban J connectivity index is 2.30. The SMILES string of the molecule is FC(F)(F)C(Oc1cncc(Cl)n1)c1cccnc1. The summed E-state index contributed by atoms with van der Waals surface area (Å²) in [4.78, 5) is 10.9. The molecule has 19 heavy (non-hydrogen) atoms. The van der Waals surface area contributed by atoms with Gasteiger partial charge in [0.15, 0.2) is 5.15 Å². The monoisotopic (exact) mass is 289 g/mol. The molecule has 4 nitrogen and oxygen atoms in total. The molecule has 0 bridgehead atoms. The van der Waals surface area contributed by atoms with Crippen LogP contribution in [0.5, 0.6) is 5.88 Å². The highest BCUT2D eigenvalue weighted by molar-refractivity contribution is 6.29. The first-order valence-electron chi connectivity index (χ1n) is 5.07. The Morgan fingerprint density at radius 2 is 1.95 bits per heavy atom. The number of ether oxygens (including phenoxy) is 1. The van der Waals surface area contributed by atoms with Gasteiger partial charge in [0.05, 0.1) is 12.4 Å². The summed E-state index contributed by atoms with van der Waals surface area (Å²) in [5.41, 5.74) is -0.128. The van der Waals surface area contributed by atoms with E-state index in [9.17, 15) is 13.2 Å². The normalized spacial score (nSPS) is 13.1. The summed E-state index contributed by atoms with van der Waals surface area (Å²) in [5, 5.41) is -0.0513. The Bertz CT molecular complexity index is 550. The molecule has 0 aliphatic carbocycles. The molecule has 0 spiro atoms. The number of nitrogens with zero attached hydrogens (tertiary/aromatic N) is 3. The Labute approximate surface area is 111 Å². The van der Waals surface area contributed by atoms with Crippen molar-refractivity contribution in [3.8, 4) is 5.88 Å². The third kappa shape index (κ3) is 3.54. The van der Waals surface area contributed by atoms with Gasteiger partial charge in [-0.1, -0.05) is 17.7 Å². The van der Waals surface area contributed by atoms with Gasteiger partial charge in [-0.15, -0.1) is 0 Å². The number of hydrogen-bond donors (Lipinski definition) is 0. The van der Waals surface area contributed by atoms with Crippen LogP contribution in [0.1, 0.15) is 11.7 Å². The predicted molar refractivity (Wildman–Crippen MR) is 60.7 cm³/mol. The summed E-state index contributed by atoms with van der Waals surface area (Å²) in [5.74, 6) is -0.307. The molecule has 2 heterocycles. The average Bonchev–Trinajstić information content (AvgIpc) is 2.36. The fourth-order valence-electron chi connectivity index (χ4n) is 1.36. The first kappa shape index (κ1) is 13.5. The van der Waals surface area contributed by atoms with Gasteiger partial charge in [-0.25, -0.2) is 0 Å². The van der Waals surface area contributed by atoms with E-state index in [2.05, 4.69) is 15.0 Å². The Kier molecular flexibility index (Phi) is 3.84. The molecule has 0 N–H and O–H groups in total. The molecule has 0 aliphatic heterocycles. The summed E-state index contributed by atoms with van der Waals surface area (Å²) in [6, 6.07) is 2.66. The van der Waals surface area contributed by atoms with E-state index in [0.29, 0.717) is 0 Å². The van der Waals surface area contributed by atoms with Crippen LogP contribution >= 0.6 is 11.6 Å². The molecule has 0 aliphatic rings. The van der Waals surface area contributed by atoms with Crippen LogP contribution in [0.25, 0.3) is 0 Å². The molecular weight excluding hydrogens is 283 g/mol. The van der Waals surface area contributed by atoms with Crippen LogP contribution in [-0.4, -0.2) is 21.1 Å². The van der Waals surface area contributed by atoms with Gasteiger partial charge < -0.3 is 4.74 Å². The summed E-state index contributed by atoms with van der Waals surface area (Å²) in [6.45, 7) is 0. The summed E-state index contributed by atoms with van der Waals surface area (Å²) in [7, 11) is 0. The van der Waals surface area contributed by atoms with Gasteiger partial charge in [-0.2, -0.15) is 18.2 Å². The third-order valence-corrected chi connectivity index (χ3v) is 2.29. The highest BCUT2D eigenvalue weighted by Crippen LogP contribution is 2.35. The Hall–Kier alpha value is -1.89. The maximum absolute atomic E-state index is 13.0. The van der Waals surface area contributed by atoms with E-state index in [0.717, 1.165) is 12.4 Å². The lowest BCUT2D eigenvalue weighted by molar-refractivity contribution is -0.198. The lowest BCUT2D eigenvalue weighted by atomic mass is 10.1. The zero-order chi connectivity index (χ0) is 13.9. The van der Waals surface area contributed by atoms with E-state index in [-0.39, 0.29) is 16.6 Å². The average molecular weight is 290 g/mol. The molecule has 1 unspecified atom stereocenters. The largest absolute Gasteiger partial charge is 0.459 e. The molecule has 100 valence electrons. The van der Waals surface area contributed by atoms with Crippen molar-refractivity contribution in [2.24, 2.45) is 0 Å². The molecule has 2 rings (SSSR count). The third-order valence-electron chi connectivity index (χ3n) is 2.11. The van der Waals surface area contributed by atoms with Crippen LogP contribution in [0.2, 0.25) is 5.15 Å². The van der Waals surface area contributed by atoms with E-state index in [1.54, 1.807) is 0 Å². The van der Waals surface area contributed by atoms with Crippen molar-refractivity contribution in [3.63, 3.8) is 0 Å². The summed E-state index contributed by atoms with van der Waals surface area (Å²) < 4.78 is 43.7. The number of alkyl halides is 3. The smallest absolute Gasteiger partial charge is 0.429 e. The quantitative estimate of drug-likeness (QED) is 0.870. The summed E-state index contributed by atoms with van der Waals surface area (Å²) >= 11 is 5.54. The first-order chi connectivity index (χ1) is 8.97. The maximum atomic E-state index is 13.0. The Morgan fingerprint density at radius 3 is 2.53 bits per heavy atom. The zero-order valence-corrected chi connectivity index (χ0v) is 10.1. The molecular formula is C11H7ClF3N3O. The van der Waals surface area contributed by atoms with Crippen molar-refractivity contribution in [1.82, 2.24) is 15.0 Å². The van der Waals surface area contributed by atoms with Crippen LogP contribution in [0, 0.1) is 0 Å². The first-order valence-corrected chi connectivity index (χ1v) is 5.45. The van der Waals surface area contributed by atoms with Crippen molar-refractivity contribution < 1.29 is 17.9 Å². The van der Waals surface area contributed by atoms with Gasteiger partial charge in [0.25, 0.3) is 0 Å². The van der Waals surface area contributed by atoms with E-state index in [1.165, 1.54) is 24.5 Å². The second-order valence-electron chi connectivity index (χ2n) is 3.51. The predicted octanol–water partition coefficient (Wildman–Crippen LogP) is 3.21. The molecule has 8 heteroatoms. The number of halogens is 4. The minimum Gasteiger partial charge on any atom is -0.459 e. The zero-order valence-electron chi connectivity index (χ0n) is 9.30. The van der Waals surface area contributed by atoms with Gasteiger partial charge >= 0.3 is 6.18 Å². The molecule has 0 saturated carbocycles. The standard InChI is InChI=1S/C11H7ClF3N3O/c12-8-5-17-6-9(18-8)19-10(11(13,14)15)7-2-1-3-16-4-7/h1-6,10H. The van der Waals surface area contributed by atoms with Crippen LogP contribution in [0.3, 0.4) is 0 Å². The number of pyridine rings is 1. The van der Waals surface area contributed by atoms with Crippen molar-refractivity contribution in [2.75, 3.05) is 0 Å². The minimum absolute atomic E-state index is 0.0513. The fraction of sp³-hybridized carbons (Fsp3) is 0.182. The van der Waals surface area contributed by atoms with Gasteiger partial charge in [0.1, 0.15) is 0 Å². The van der Waals surface area contributed by atoms with E-state index in [4.69, 9.17) is 16.3 Å². The van der Waals surface area contributed by atoms with Gasteiger partial charge in [0, 0.05) is 18.0 Å².